The Balaban J connectivity index is 1.80. The highest BCUT2D eigenvalue weighted by atomic mass is 35.5. The Labute approximate surface area is 124 Å². The molecule has 5 heteroatoms. The first-order chi connectivity index (χ1) is 9.78. The predicted octanol–water partition coefficient (Wildman–Crippen LogP) is 3.38. The number of unbranched alkanes of at least 4 members (excludes halogenated alkanes) is 3. The van der Waals surface area contributed by atoms with Gasteiger partial charge in [0, 0.05) is 17.9 Å². The quantitative estimate of drug-likeness (QED) is 0.758. The van der Waals surface area contributed by atoms with E-state index >= 15 is 0 Å². The lowest BCUT2D eigenvalue weighted by Crippen LogP contribution is -1.98. The Morgan fingerprint density at radius 1 is 1.15 bits per heavy atom. The molecule has 1 heterocycles. The van der Waals surface area contributed by atoms with Crippen LogP contribution >= 0.6 is 11.6 Å². The molecule has 0 amide bonds. The number of hydrogen-bond acceptors (Lipinski definition) is 4. The van der Waals surface area contributed by atoms with Gasteiger partial charge >= 0.3 is 0 Å². The molecule has 0 saturated carbocycles. The van der Waals surface area contributed by atoms with Crippen LogP contribution in [0.15, 0.2) is 28.8 Å². The van der Waals surface area contributed by atoms with Gasteiger partial charge in [0.25, 0.3) is 0 Å². The maximum atomic E-state index is 5.95. The summed E-state index contributed by atoms with van der Waals surface area (Å²) in [6.07, 6.45) is 5.97. The van der Waals surface area contributed by atoms with Gasteiger partial charge in [-0.15, -0.1) is 0 Å². The van der Waals surface area contributed by atoms with Gasteiger partial charge < -0.3 is 10.3 Å². The molecule has 0 atom stereocenters. The molecule has 4 nitrogen and oxygen atoms in total. The zero-order chi connectivity index (χ0) is 14.2. The second-order valence-corrected chi connectivity index (χ2v) is 5.30. The number of nitrogens with two attached hydrogens (primary N) is 1. The van der Waals surface area contributed by atoms with Crippen LogP contribution < -0.4 is 5.73 Å². The summed E-state index contributed by atoms with van der Waals surface area (Å²) in [5.74, 6) is 1.43. The Bertz CT molecular complexity index is 527. The first-order valence-electron chi connectivity index (χ1n) is 7.04. The van der Waals surface area contributed by atoms with E-state index < -0.39 is 0 Å². The van der Waals surface area contributed by atoms with Gasteiger partial charge in [-0.2, -0.15) is 4.98 Å². The van der Waals surface area contributed by atoms with Gasteiger partial charge in [-0.05, 0) is 37.1 Å². The minimum absolute atomic E-state index is 0.650. The molecule has 0 radical (unpaired) electrons. The monoisotopic (exact) mass is 293 g/mol. The SMILES string of the molecule is NCCCCCCc1nc(Cc2cccc(Cl)c2)no1. The van der Waals surface area contributed by atoms with Crippen molar-refractivity contribution in [3.63, 3.8) is 0 Å². The van der Waals surface area contributed by atoms with Crippen LogP contribution in [-0.2, 0) is 12.8 Å². The van der Waals surface area contributed by atoms with E-state index in [0.717, 1.165) is 48.7 Å². The first kappa shape index (κ1) is 15.0. The number of rotatable bonds is 8. The molecule has 2 rings (SSSR count). The van der Waals surface area contributed by atoms with Crippen LogP contribution in [0.1, 0.15) is 43.0 Å². The van der Waals surface area contributed by atoms with E-state index in [1.165, 1.54) is 6.42 Å². The molecule has 0 fully saturated rings. The largest absolute Gasteiger partial charge is 0.339 e. The summed E-state index contributed by atoms with van der Waals surface area (Å²) in [6.45, 7) is 0.768. The van der Waals surface area contributed by atoms with E-state index in [0.29, 0.717) is 12.2 Å². The van der Waals surface area contributed by atoms with E-state index in [-0.39, 0.29) is 0 Å². The van der Waals surface area contributed by atoms with Crippen LogP contribution in [0.2, 0.25) is 5.02 Å². The smallest absolute Gasteiger partial charge is 0.226 e. The molecule has 108 valence electrons. The van der Waals surface area contributed by atoms with Crippen LogP contribution in [0.25, 0.3) is 0 Å². The molecule has 1 aromatic heterocycles. The molecule has 1 aromatic carbocycles. The van der Waals surface area contributed by atoms with Crippen molar-refractivity contribution >= 4 is 11.6 Å². The topological polar surface area (TPSA) is 64.9 Å². The third kappa shape index (κ3) is 4.94. The maximum Gasteiger partial charge on any atom is 0.226 e. The molecule has 0 spiro atoms. The summed E-state index contributed by atoms with van der Waals surface area (Å²) in [6, 6.07) is 7.71. The van der Waals surface area contributed by atoms with Crippen LogP contribution in [0.4, 0.5) is 0 Å². The van der Waals surface area contributed by atoms with Crippen molar-refractivity contribution in [3.8, 4) is 0 Å². The number of aromatic nitrogens is 2. The fourth-order valence-corrected chi connectivity index (χ4v) is 2.28. The fourth-order valence-electron chi connectivity index (χ4n) is 2.07. The molecule has 2 aromatic rings. The van der Waals surface area contributed by atoms with E-state index in [9.17, 15) is 0 Å². The van der Waals surface area contributed by atoms with E-state index in [2.05, 4.69) is 10.1 Å². The normalized spacial score (nSPS) is 10.9. The van der Waals surface area contributed by atoms with Gasteiger partial charge in [0.05, 0.1) is 0 Å². The minimum Gasteiger partial charge on any atom is -0.339 e. The zero-order valence-electron chi connectivity index (χ0n) is 11.5. The average Bonchev–Trinajstić information content (AvgIpc) is 2.86. The number of nitrogens with zero attached hydrogens (tertiary/aromatic N) is 2. The molecule has 20 heavy (non-hydrogen) atoms. The Morgan fingerprint density at radius 2 is 2.00 bits per heavy atom. The summed E-state index contributed by atoms with van der Waals surface area (Å²) in [4.78, 5) is 4.41. The highest BCUT2D eigenvalue weighted by molar-refractivity contribution is 6.30. The third-order valence-corrected chi connectivity index (χ3v) is 3.34. The van der Waals surface area contributed by atoms with E-state index in [4.69, 9.17) is 21.9 Å². The summed E-state index contributed by atoms with van der Waals surface area (Å²) in [7, 11) is 0. The molecule has 0 aliphatic carbocycles. The summed E-state index contributed by atoms with van der Waals surface area (Å²) in [5.41, 5.74) is 6.55. The van der Waals surface area contributed by atoms with E-state index in [1.54, 1.807) is 0 Å². The lowest BCUT2D eigenvalue weighted by Gasteiger charge is -1.97. The standard InChI is InChI=1S/C15H20ClN3O/c16-13-7-5-6-12(10-13)11-14-18-15(20-19-14)8-3-1-2-4-9-17/h5-7,10H,1-4,8-9,11,17H2. The van der Waals surface area contributed by atoms with Crippen molar-refractivity contribution in [1.29, 1.82) is 0 Å². The molecular weight excluding hydrogens is 274 g/mol. The number of hydrogen-bond donors (Lipinski definition) is 1. The van der Waals surface area contributed by atoms with E-state index in [1.807, 2.05) is 24.3 Å². The van der Waals surface area contributed by atoms with Crippen LogP contribution in [-0.4, -0.2) is 16.7 Å². The van der Waals surface area contributed by atoms with Crippen LogP contribution in [0, 0.1) is 0 Å². The van der Waals surface area contributed by atoms with Crippen molar-refractivity contribution in [2.45, 2.75) is 38.5 Å². The van der Waals surface area contributed by atoms with Crippen LogP contribution in [0.3, 0.4) is 0 Å². The second kappa shape index (κ2) is 8.02. The maximum absolute atomic E-state index is 5.95. The highest BCUT2D eigenvalue weighted by Gasteiger charge is 2.07. The Morgan fingerprint density at radius 3 is 2.80 bits per heavy atom. The molecule has 0 unspecified atom stereocenters. The van der Waals surface area contributed by atoms with Crippen molar-refractivity contribution in [2.24, 2.45) is 5.73 Å². The van der Waals surface area contributed by atoms with Gasteiger partial charge in [0.2, 0.25) is 5.89 Å². The summed E-state index contributed by atoms with van der Waals surface area (Å²) < 4.78 is 5.25. The molecule has 2 N–H and O–H groups in total. The molecule has 0 aliphatic heterocycles. The lowest BCUT2D eigenvalue weighted by atomic mass is 10.1. The van der Waals surface area contributed by atoms with Gasteiger partial charge in [0.15, 0.2) is 5.82 Å². The van der Waals surface area contributed by atoms with Gasteiger partial charge in [-0.1, -0.05) is 41.7 Å². The van der Waals surface area contributed by atoms with Crippen molar-refractivity contribution in [3.05, 3.63) is 46.6 Å². The van der Waals surface area contributed by atoms with Crippen LogP contribution in [0.5, 0.6) is 0 Å². The fraction of sp³-hybridized carbons (Fsp3) is 0.467. The number of halogens is 1. The van der Waals surface area contributed by atoms with Gasteiger partial charge in [0.1, 0.15) is 0 Å². The zero-order valence-corrected chi connectivity index (χ0v) is 12.3. The molecule has 0 aliphatic rings. The summed E-state index contributed by atoms with van der Waals surface area (Å²) >= 11 is 5.95. The predicted molar refractivity (Wildman–Crippen MR) is 79.8 cm³/mol. The molecule has 0 saturated heterocycles. The Kier molecular flexibility index (Phi) is 6.02. The van der Waals surface area contributed by atoms with Gasteiger partial charge in [-0.25, -0.2) is 0 Å². The lowest BCUT2D eigenvalue weighted by molar-refractivity contribution is 0.369. The number of aryl methyl sites for hydroxylation is 1. The first-order valence-corrected chi connectivity index (χ1v) is 7.41. The average molecular weight is 294 g/mol. The molecule has 0 bridgehead atoms. The summed E-state index contributed by atoms with van der Waals surface area (Å²) in [5, 5.41) is 4.73. The van der Waals surface area contributed by atoms with Crippen molar-refractivity contribution in [2.75, 3.05) is 6.54 Å². The highest BCUT2D eigenvalue weighted by Crippen LogP contribution is 2.14. The minimum atomic E-state index is 0.650. The molecular formula is C15H20ClN3O. The van der Waals surface area contributed by atoms with Gasteiger partial charge in [-0.3, -0.25) is 0 Å². The van der Waals surface area contributed by atoms with Crippen molar-refractivity contribution in [1.82, 2.24) is 10.1 Å². The second-order valence-electron chi connectivity index (χ2n) is 4.86. The number of benzene rings is 1. The third-order valence-electron chi connectivity index (χ3n) is 3.11. The van der Waals surface area contributed by atoms with Crippen molar-refractivity contribution < 1.29 is 4.52 Å². The Hall–Kier alpha value is -1.39.